The highest BCUT2D eigenvalue weighted by atomic mass is 32.2. The normalized spacial score (nSPS) is 10.8. The molecule has 1 aromatic heterocycles. The van der Waals surface area contributed by atoms with Crippen LogP contribution in [0, 0.1) is 0 Å². The molecule has 2 aromatic rings. The topological polar surface area (TPSA) is 64.9 Å². The maximum Gasteiger partial charge on any atom is 0.211 e. The highest BCUT2D eigenvalue weighted by Crippen LogP contribution is 2.14. The number of nitrogens with one attached hydrogen (secondary N) is 1. The lowest BCUT2D eigenvalue weighted by Crippen LogP contribution is -2.16. The molecule has 0 unspecified atom stereocenters. The Morgan fingerprint density at radius 3 is 2.95 bits per heavy atom. The second-order valence-electron chi connectivity index (χ2n) is 3.88. The van der Waals surface area contributed by atoms with Crippen LogP contribution in [0.4, 0.5) is 0 Å². The highest BCUT2D eigenvalue weighted by molar-refractivity contribution is 7.99. The number of hydrogen-bond acceptors (Lipinski definition) is 6. The fourth-order valence-electron chi connectivity index (χ4n) is 1.49. The van der Waals surface area contributed by atoms with Gasteiger partial charge in [0.1, 0.15) is 5.94 Å². The molecular formula is C12H17N5OS. The Morgan fingerprint density at radius 1 is 1.32 bits per heavy atom. The standard InChI is InChI=1S/C12H17N5OS/c1-13-7-8-17-12(14-15-16-17)19-10-18-9-11-5-3-2-4-6-11/h2-6,13H,7-10H2,1H3. The Labute approximate surface area is 116 Å². The van der Waals surface area contributed by atoms with Crippen molar-refractivity contribution in [1.29, 1.82) is 0 Å². The molecular weight excluding hydrogens is 262 g/mol. The molecule has 0 saturated heterocycles. The second-order valence-corrected chi connectivity index (χ2v) is 4.77. The van der Waals surface area contributed by atoms with Gasteiger partial charge in [-0.1, -0.05) is 42.1 Å². The first-order chi connectivity index (χ1) is 9.40. The molecule has 0 bridgehead atoms. The van der Waals surface area contributed by atoms with Gasteiger partial charge in [-0.25, -0.2) is 4.68 Å². The molecule has 7 heteroatoms. The minimum atomic E-state index is 0.537. The van der Waals surface area contributed by atoms with Crippen LogP contribution < -0.4 is 5.32 Å². The van der Waals surface area contributed by atoms with Gasteiger partial charge in [0.2, 0.25) is 5.16 Å². The number of ether oxygens (including phenoxy) is 1. The maximum absolute atomic E-state index is 5.59. The van der Waals surface area contributed by atoms with Crippen LogP contribution in [0.1, 0.15) is 5.56 Å². The largest absolute Gasteiger partial charge is 0.366 e. The first-order valence-corrected chi connectivity index (χ1v) is 7.04. The number of hydrogen-bond donors (Lipinski definition) is 1. The Balaban J connectivity index is 1.72. The summed E-state index contributed by atoms with van der Waals surface area (Å²) in [7, 11) is 1.90. The third kappa shape index (κ3) is 4.62. The maximum atomic E-state index is 5.59. The van der Waals surface area contributed by atoms with E-state index < -0.39 is 0 Å². The van der Waals surface area contributed by atoms with E-state index in [1.165, 1.54) is 11.8 Å². The van der Waals surface area contributed by atoms with E-state index in [1.54, 1.807) is 4.68 Å². The minimum absolute atomic E-state index is 0.537. The van der Waals surface area contributed by atoms with Crippen LogP contribution in [0.2, 0.25) is 0 Å². The Hall–Kier alpha value is -1.44. The third-order valence-corrected chi connectivity index (χ3v) is 3.29. The summed E-state index contributed by atoms with van der Waals surface area (Å²) < 4.78 is 7.36. The van der Waals surface area contributed by atoms with Crippen LogP contribution >= 0.6 is 11.8 Å². The van der Waals surface area contributed by atoms with E-state index in [4.69, 9.17) is 4.74 Å². The van der Waals surface area contributed by atoms with Crippen molar-refractivity contribution in [2.24, 2.45) is 0 Å². The van der Waals surface area contributed by atoms with E-state index in [0.29, 0.717) is 12.5 Å². The fraction of sp³-hybridized carbons (Fsp3) is 0.417. The highest BCUT2D eigenvalue weighted by Gasteiger charge is 2.05. The molecule has 1 heterocycles. The molecule has 0 saturated carbocycles. The Bertz CT molecular complexity index is 476. The van der Waals surface area contributed by atoms with Crippen LogP contribution in [0.25, 0.3) is 0 Å². The molecule has 0 atom stereocenters. The second kappa shape index (κ2) is 7.88. The molecule has 2 rings (SSSR count). The number of rotatable bonds is 8. The summed E-state index contributed by atoms with van der Waals surface area (Å²) in [6, 6.07) is 10.1. The predicted molar refractivity (Wildman–Crippen MR) is 73.7 cm³/mol. The van der Waals surface area contributed by atoms with Gasteiger partial charge in [-0.3, -0.25) is 0 Å². The van der Waals surface area contributed by atoms with Gasteiger partial charge in [-0.2, -0.15) is 0 Å². The zero-order valence-corrected chi connectivity index (χ0v) is 11.6. The van der Waals surface area contributed by atoms with Crippen molar-refractivity contribution in [1.82, 2.24) is 25.5 Å². The summed E-state index contributed by atoms with van der Waals surface area (Å²) in [5.74, 6) is 0.537. The zero-order chi connectivity index (χ0) is 13.3. The molecule has 0 aliphatic carbocycles. The van der Waals surface area contributed by atoms with E-state index in [9.17, 15) is 0 Å². The van der Waals surface area contributed by atoms with Crippen molar-refractivity contribution in [2.45, 2.75) is 18.3 Å². The van der Waals surface area contributed by atoms with Crippen molar-refractivity contribution in [3.8, 4) is 0 Å². The molecule has 0 amide bonds. The summed E-state index contributed by atoms with van der Waals surface area (Å²) in [5.41, 5.74) is 1.16. The average Bonchev–Trinajstić information content (AvgIpc) is 2.90. The molecule has 0 radical (unpaired) electrons. The van der Waals surface area contributed by atoms with Crippen LogP contribution in [0.5, 0.6) is 0 Å². The van der Waals surface area contributed by atoms with Crippen molar-refractivity contribution in [3.63, 3.8) is 0 Å². The molecule has 19 heavy (non-hydrogen) atoms. The molecule has 6 nitrogen and oxygen atoms in total. The third-order valence-electron chi connectivity index (χ3n) is 2.46. The van der Waals surface area contributed by atoms with Crippen LogP contribution in [0.15, 0.2) is 35.5 Å². The molecule has 0 aliphatic heterocycles. The summed E-state index contributed by atoms with van der Waals surface area (Å²) in [6.07, 6.45) is 0. The van der Waals surface area contributed by atoms with Crippen LogP contribution in [-0.4, -0.2) is 39.7 Å². The zero-order valence-electron chi connectivity index (χ0n) is 10.8. The lowest BCUT2D eigenvalue weighted by atomic mass is 10.2. The van der Waals surface area contributed by atoms with Crippen molar-refractivity contribution in [2.75, 3.05) is 19.5 Å². The smallest absolute Gasteiger partial charge is 0.211 e. The van der Waals surface area contributed by atoms with Gasteiger partial charge < -0.3 is 10.1 Å². The fourth-order valence-corrected chi connectivity index (χ4v) is 2.13. The van der Waals surface area contributed by atoms with E-state index in [0.717, 1.165) is 23.8 Å². The number of tetrazole rings is 1. The lowest BCUT2D eigenvalue weighted by molar-refractivity contribution is 0.169. The lowest BCUT2D eigenvalue weighted by Gasteiger charge is -2.05. The van der Waals surface area contributed by atoms with Gasteiger partial charge in [0.15, 0.2) is 0 Å². The minimum Gasteiger partial charge on any atom is -0.366 e. The van der Waals surface area contributed by atoms with E-state index in [2.05, 4.69) is 20.8 Å². The summed E-state index contributed by atoms with van der Waals surface area (Å²) in [6.45, 7) is 2.19. The monoisotopic (exact) mass is 279 g/mol. The number of benzene rings is 1. The molecule has 102 valence electrons. The van der Waals surface area contributed by atoms with Gasteiger partial charge in [-0.15, -0.1) is 5.10 Å². The van der Waals surface area contributed by atoms with Crippen LogP contribution in [0.3, 0.4) is 0 Å². The van der Waals surface area contributed by atoms with E-state index in [-0.39, 0.29) is 0 Å². The molecule has 0 spiro atoms. The molecule has 1 aromatic carbocycles. The van der Waals surface area contributed by atoms with Gasteiger partial charge in [0, 0.05) is 6.54 Å². The first kappa shape index (κ1) is 14.0. The predicted octanol–water partition coefficient (Wildman–Crippen LogP) is 1.16. The summed E-state index contributed by atoms with van der Waals surface area (Å²) in [4.78, 5) is 0. The number of likely N-dealkylation sites (N-methyl/N-ethyl adjacent to an activating group) is 1. The summed E-state index contributed by atoms with van der Waals surface area (Å²) >= 11 is 1.50. The van der Waals surface area contributed by atoms with Gasteiger partial charge >= 0.3 is 0 Å². The van der Waals surface area contributed by atoms with Crippen molar-refractivity contribution >= 4 is 11.8 Å². The summed E-state index contributed by atoms with van der Waals surface area (Å²) in [5, 5.41) is 15.4. The van der Waals surface area contributed by atoms with Crippen LogP contribution in [-0.2, 0) is 17.9 Å². The van der Waals surface area contributed by atoms with E-state index >= 15 is 0 Å². The number of thioether (sulfide) groups is 1. The average molecular weight is 279 g/mol. The molecule has 0 fully saturated rings. The van der Waals surface area contributed by atoms with Gasteiger partial charge in [0.05, 0.1) is 13.2 Å². The van der Waals surface area contributed by atoms with Gasteiger partial charge in [0.25, 0.3) is 0 Å². The Morgan fingerprint density at radius 2 is 2.16 bits per heavy atom. The quantitative estimate of drug-likeness (QED) is 0.444. The van der Waals surface area contributed by atoms with Crippen molar-refractivity contribution in [3.05, 3.63) is 35.9 Å². The molecule has 0 aliphatic rings. The van der Waals surface area contributed by atoms with Gasteiger partial charge in [-0.05, 0) is 23.0 Å². The van der Waals surface area contributed by atoms with Crippen molar-refractivity contribution < 1.29 is 4.74 Å². The SMILES string of the molecule is CNCCn1nnnc1SCOCc1ccccc1. The first-order valence-electron chi connectivity index (χ1n) is 6.05. The number of nitrogens with zero attached hydrogens (tertiary/aromatic N) is 4. The number of aromatic nitrogens is 4. The van der Waals surface area contributed by atoms with E-state index in [1.807, 2.05) is 37.4 Å². The Kier molecular flexibility index (Phi) is 5.80. The molecule has 1 N–H and O–H groups in total.